The predicted octanol–water partition coefficient (Wildman–Crippen LogP) is 2.41. The van der Waals surface area contributed by atoms with E-state index in [4.69, 9.17) is 0 Å². The lowest BCUT2D eigenvalue weighted by atomic mass is 10.2. The highest BCUT2D eigenvalue weighted by Gasteiger charge is 2.02. The quantitative estimate of drug-likeness (QED) is 0.571. The van der Waals surface area contributed by atoms with Crippen molar-refractivity contribution in [3.8, 4) is 0 Å². The molecular weight excluding hydrogens is 317 g/mol. The number of benzene rings is 1. The summed E-state index contributed by atoms with van der Waals surface area (Å²) in [6.07, 6.45) is 1.77. The first-order valence-corrected chi connectivity index (χ1v) is 8.52. The van der Waals surface area contributed by atoms with E-state index in [9.17, 15) is 4.39 Å². The van der Waals surface area contributed by atoms with E-state index in [-0.39, 0.29) is 5.82 Å². The highest BCUT2D eigenvalue weighted by Crippen LogP contribution is 2.05. The second-order valence-electron chi connectivity index (χ2n) is 5.81. The van der Waals surface area contributed by atoms with Crippen LogP contribution in [0.5, 0.6) is 0 Å². The summed E-state index contributed by atoms with van der Waals surface area (Å²) in [7, 11) is 2.04. The van der Waals surface area contributed by atoms with Gasteiger partial charge in [0.05, 0.1) is 12.2 Å². The SMILES string of the molecule is CCNC(=NCc1ccccn1)NCCN(C)Cc1ccc(F)cc1. The third-order valence-electron chi connectivity index (χ3n) is 3.62. The first-order chi connectivity index (χ1) is 12.2. The topological polar surface area (TPSA) is 52.6 Å². The van der Waals surface area contributed by atoms with Gasteiger partial charge in [0.25, 0.3) is 0 Å². The maximum atomic E-state index is 12.9. The van der Waals surface area contributed by atoms with E-state index in [0.29, 0.717) is 6.54 Å². The van der Waals surface area contributed by atoms with Crippen molar-refractivity contribution in [1.29, 1.82) is 0 Å². The van der Waals surface area contributed by atoms with Crippen LogP contribution in [0.2, 0.25) is 0 Å². The Labute approximate surface area is 149 Å². The molecule has 0 atom stereocenters. The Bertz CT molecular complexity index is 643. The molecule has 2 rings (SSSR count). The highest BCUT2D eigenvalue weighted by atomic mass is 19.1. The van der Waals surface area contributed by atoms with Gasteiger partial charge in [-0.05, 0) is 43.8 Å². The van der Waals surface area contributed by atoms with Gasteiger partial charge in [0, 0.05) is 32.4 Å². The summed E-state index contributed by atoms with van der Waals surface area (Å²) >= 11 is 0. The van der Waals surface area contributed by atoms with Crippen LogP contribution in [0.15, 0.2) is 53.7 Å². The van der Waals surface area contributed by atoms with Gasteiger partial charge >= 0.3 is 0 Å². The van der Waals surface area contributed by atoms with Crippen LogP contribution in [0.3, 0.4) is 0 Å². The highest BCUT2D eigenvalue weighted by molar-refractivity contribution is 5.79. The first-order valence-electron chi connectivity index (χ1n) is 8.52. The Morgan fingerprint density at radius 1 is 1.16 bits per heavy atom. The van der Waals surface area contributed by atoms with E-state index in [1.807, 2.05) is 44.3 Å². The Morgan fingerprint density at radius 2 is 1.96 bits per heavy atom. The van der Waals surface area contributed by atoms with E-state index in [0.717, 1.165) is 43.4 Å². The molecule has 1 aromatic heterocycles. The number of rotatable bonds is 8. The van der Waals surface area contributed by atoms with Crippen molar-refractivity contribution in [2.45, 2.75) is 20.0 Å². The predicted molar refractivity (Wildman–Crippen MR) is 99.8 cm³/mol. The molecule has 0 aliphatic rings. The molecule has 0 saturated carbocycles. The van der Waals surface area contributed by atoms with Gasteiger partial charge in [-0.3, -0.25) is 4.98 Å². The van der Waals surface area contributed by atoms with Crippen LogP contribution in [0.4, 0.5) is 4.39 Å². The summed E-state index contributed by atoms with van der Waals surface area (Å²) in [6, 6.07) is 12.4. The van der Waals surface area contributed by atoms with Crippen molar-refractivity contribution in [3.05, 3.63) is 65.7 Å². The van der Waals surface area contributed by atoms with Crippen molar-refractivity contribution in [2.75, 3.05) is 26.7 Å². The van der Waals surface area contributed by atoms with Crippen LogP contribution in [-0.2, 0) is 13.1 Å². The number of aliphatic imine (C=N–C) groups is 1. The summed E-state index contributed by atoms with van der Waals surface area (Å²) in [6.45, 7) is 5.79. The number of aromatic nitrogens is 1. The number of guanidine groups is 1. The first kappa shape index (κ1) is 18.9. The van der Waals surface area contributed by atoms with Crippen LogP contribution >= 0.6 is 0 Å². The molecule has 0 aliphatic carbocycles. The van der Waals surface area contributed by atoms with Crippen LogP contribution in [0.25, 0.3) is 0 Å². The van der Waals surface area contributed by atoms with Crippen molar-refractivity contribution in [2.24, 2.45) is 4.99 Å². The number of hydrogen-bond donors (Lipinski definition) is 2. The Hall–Kier alpha value is -2.47. The maximum absolute atomic E-state index is 12.9. The summed E-state index contributed by atoms with van der Waals surface area (Å²) in [5, 5.41) is 6.56. The van der Waals surface area contributed by atoms with Crippen molar-refractivity contribution >= 4 is 5.96 Å². The van der Waals surface area contributed by atoms with E-state index >= 15 is 0 Å². The minimum atomic E-state index is -0.201. The molecule has 0 fully saturated rings. The summed E-state index contributed by atoms with van der Waals surface area (Å²) in [4.78, 5) is 11.0. The normalized spacial score (nSPS) is 11.6. The van der Waals surface area contributed by atoms with Gasteiger partial charge in [0.1, 0.15) is 5.82 Å². The van der Waals surface area contributed by atoms with Gasteiger partial charge in [-0.15, -0.1) is 0 Å². The number of nitrogens with zero attached hydrogens (tertiary/aromatic N) is 3. The minimum Gasteiger partial charge on any atom is -0.357 e. The van der Waals surface area contributed by atoms with Crippen LogP contribution in [-0.4, -0.2) is 42.5 Å². The second kappa shape index (κ2) is 10.4. The summed E-state index contributed by atoms with van der Waals surface area (Å²) in [5.41, 5.74) is 2.03. The number of hydrogen-bond acceptors (Lipinski definition) is 3. The molecule has 0 unspecified atom stereocenters. The minimum absolute atomic E-state index is 0.201. The number of pyridine rings is 1. The zero-order valence-corrected chi connectivity index (χ0v) is 14.9. The van der Waals surface area contributed by atoms with Crippen molar-refractivity contribution in [1.82, 2.24) is 20.5 Å². The van der Waals surface area contributed by atoms with Crippen LogP contribution < -0.4 is 10.6 Å². The molecule has 0 spiro atoms. The molecule has 0 bridgehead atoms. The van der Waals surface area contributed by atoms with E-state index in [2.05, 4.69) is 25.5 Å². The lowest BCUT2D eigenvalue weighted by Crippen LogP contribution is -2.40. The number of likely N-dealkylation sites (N-methyl/N-ethyl adjacent to an activating group) is 1. The van der Waals surface area contributed by atoms with Crippen molar-refractivity contribution in [3.63, 3.8) is 0 Å². The average Bonchev–Trinajstić information content (AvgIpc) is 2.62. The van der Waals surface area contributed by atoms with Gasteiger partial charge in [0.2, 0.25) is 0 Å². The zero-order valence-electron chi connectivity index (χ0n) is 14.9. The number of nitrogens with one attached hydrogen (secondary N) is 2. The molecule has 5 nitrogen and oxygen atoms in total. The molecule has 2 N–H and O–H groups in total. The van der Waals surface area contributed by atoms with E-state index in [1.54, 1.807) is 6.20 Å². The molecule has 0 radical (unpaired) electrons. The lowest BCUT2D eigenvalue weighted by molar-refractivity contribution is 0.331. The molecule has 134 valence electrons. The fourth-order valence-electron chi connectivity index (χ4n) is 2.34. The summed E-state index contributed by atoms with van der Waals surface area (Å²) in [5.74, 6) is 0.579. The molecule has 0 aliphatic heterocycles. The standard InChI is InChI=1S/C19H26FN5/c1-3-21-19(24-14-18-6-4-5-11-22-18)23-12-13-25(2)15-16-7-9-17(20)10-8-16/h4-11H,3,12-15H2,1-2H3,(H2,21,23,24). The molecular formula is C19H26FN5. The van der Waals surface area contributed by atoms with Crippen LogP contribution in [0.1, 0.15) is 18.2 Å². The smallest absolute Gasteiger partial charge is 0.191 e. The van der Waals surface area contributed by atoms with Gasteiger partial charge in [-0.2, -0.15) is 0 Å². The molecule has 0 amide bonds. The monoisotopic (exact) mass is 343 g/mol. The van der Waals surface area contributed by atoms with Gasteiger partial charge in [-0.1, -0.05) is 18.2 Å². The van der Waals surface area contributed by atoms with E-state index < -0.39 is 0 Å². The third kappa shape index (κ3) is 7.30. The summed E-state index contributed by atoms with van der Waals surface area (Å²) < 4.78 is 12.9. The molecule has 0 saturated heterocycles. The molecule has 25 heavy (non-hydrogen) atoms. The number of halogens is 1. The lowest BCUT2D eigenvalue weighted by Gasteiger charge is -2.18. The fraction of sp³-hybridized carbons (Fsp3) is 0.368. The van der Waals surface area contributed by atoms with Gasteiger partial charge in [-0.25, -0.2) is 9.38 Å². The third-order valence-corrected chi connectivity index (χ3v) is 3.62. The average molecular weight is 343 g/mol. The Balaban J connectivity index is 1.77. The van der Waals surface area contributed by atoms with Crippen LogP contribution in [0, 0.1) is 5.82 Å². The largest absolute Gasteiger partial charge is 0.357 e. The molecule has 6 heteroatoms. The second-order valence-corrected chi connectivity index (χ2v) is 5.81. The Kier molecular flexibility index (Phi) is 7.85. The van der Waals surface area contributed by atoms with Gasteiger partial charge < -0.3 is 15.5 Å². The maximum Gasteiger partial charge on any atom is 0.191 e. The van der Waals surface area contributed by atoms with E-state index in [1.165, 1.54) is 12.1 Å². The fourth-order valence-corrected chi connectivity index (χ4v) is 2.34. The zero-order chi connectivity index (χ0) is 17.9. The molecule has 2 aromatic rings. The molecule has 1 heterocycles. The Morgan fingerprint density at radius 3 is 2.64 bits per heavy atom. The van der Waals surface area contributed by atoms with Gasteiger partial charge in [0.15, 0.2) is 5.96 Å². The van der Waals surface area contributed by atoms with Crippen molar-refractivity contribution < 1.29 is 4.39 Å². The molecule has 1 aromatic carbocycles.